The van der Waals surface area contributed by atoms with Gasteiger partial charge < -0.3 is 10.8 Å². The zero-order valence-corrected chi connectivity index (χ0v) is 8.25. The Hall–Kier alpha value is -1.02. The molecule has 0 amide bonds. The van der Waals surface area contributed by atoms with E-state index in [9.17, 15) is 5.11 Å². The number of phenolic OH excluding ortho intramolecular Hbond substituents is 1. The molecule has 0 aliphatic rings. The molecule has 2 nitrogen and oxygen atoms in total. The molecule has 0 spiro atoms. The summed E-state index contributed by atoms with van der Waals surface area (Å²) in [5.41, 5.74) is 7.80. The van der Waals surface area contributed by atoms with Crippen molar-refractivity contribution in [2.24, 2.45) is 5.73 Å². The molecule has 72 valence electrons. The lowest BCUT2D eigenvalue weighted by molar-refractivity contribution is 0.463. The van der Waals surface area contributed by atoms with Crippen molar-refractivity contribution in [1.82, 2.24) is 0 Å². The van der Waals surface area contributed by atoms with Crippen LogP contribution in [-0.4, -0.2) is 5.11 Å². The van der Waals surface area contributed by atoms with E-state index in [1.54, 1.807) is 6.07 Å². The maximum Gasteiger partial charge on any atom is 0.120 e. The number of aromatic hydroxyl groups is 1. The summed E-state index contributed by atoms with van der Waals surface area (Å²) in [4.78, 5) is 0. The van der Waals surface area contributed by atoms with Gasteiger partial charge in [0.2, 0.25) is 0 Å². The topological polar surface area (TPSA) is 46.2 Å². The van der Waals surface area contributed by atoms with E-state index in [2.05, 4.69) is 6.92 Å². The van der Waals surface area contributed by atoms with Crippen LogP contribution in [0.2, 0.25) is 0 Å². The predicted molar refractivity (Wildman–Crippen MR) is 54.7 cm³/mol. The SMILES string of the molecule is CCCc1ccc(O)c(C(C)N)c1. The van der Waals surface area contributed by atoms with Crippen LogP contribution in [0.25, 0.3) is 0 Å². The summed E-state index contributed by atoms with van der Waals surface area (Å²) in [5.74, 6) is 0.301. The van der Waals surface area contributed by atoms with Crippen LogP contribution in [0.5, 0.6) is 5.75 Å². The molecule has 0 radical (unpaired) electrons. The minimum atomic E-state index is -0.100. The average molecular weight is 179 g/mol. The lowest BCUT2D eigenvalue weighted by Gasteiger charge is -2.10. The van der Waals surface area contributed by atoms with Gasteiger partial charge in [-0.05, 0) is 25.0 Å². The molecule has 0 aliphatic carbocycles. The molecule has 13 heavy (non-hydrogen) atoms. The van der Waals surface area contributed by atoms with Crippen LogP contribution in [-0.2, 0) is 6.42 Å². The molecule has 0 saturated heterocycles. The van der Waals surface area contributed by atoms with Gasteiger partial charge in [0.1, 0.15) is 5.75 Å². The summed E-state index contributed by atoms with van der Waals surface area (Å²) < 4.78 is 0. The normalized spacial score (nSPS) is 12.8. The molecule has 1 atom stereocenters. The summed E-state index contributed by atoms with van der Waals surface area (Å²) >= 11 is 0. The van der Waals surface area contributed by atoms with Gasteiger partial charge in [-0.2, -0.15) is 0 Å². The first kappa shape index (κ1) is 10.1. The van der Waals surface area contributed by atoms with Gasteiger partial charge in [0, 0.05) is 11.6 Å². The Bertz CT molecular complexity index is 281. The lowest BCUT2D eigenvalue weighted by Crippen LogP contribution is -2.05. The van der Waals surface area contributed by atoms with Crippen molar-refractivity contribution in [3.63, 3.8) is 0 Å². The van der Waals surface area contributed by atoms with Gasteiger partial charge in [-0.3, -0.25) is 0 Å². The Kier molecular flexibility index (Phi) is 3.32. The standard InChI is InChI=1S/C11H17NO/c1-3-4-9-5-6-11(13)10(7-9)8(2)12/h5-8,13H,3-4,12H2,1-2H3. The Labute approximate surface area is 79.4 Å². The fourth-order valence-electron chi connectivity index (χ4n) is 1.41. The number of hydrogen-bond acceptors (Lipinski definition) is 2. The highest BCUT2D eigenvalue weighted by molar-refractivity contribution is 5.38. The number of hydrogen-bond donors (Lipinski definition) is 2. The van der Waals surface area contributed by atoms with Gasteiger partial charge in [-0.25, -0.2) is 0 Å². The molecule has 1 rings (SSSR count). The molecule has 0 aliphatic heterocycles. The van der Waals surface area contributed by atoms with Crippen LogP contribution >= 0.6 is 0 Å². The first-order valence-electron chi connectivity index (χ1n) is 4.72. The highest BCUT2D eigenvalue weighted by atomic mass is 16.3. The molecule has 3 N–H and O–H groups in total. The minimum Gasteiger partial charge on any atom is -0.508 e. The lowest BCUT2D eigenvalue weighted by atomic mass is 10.0. The van der Waals surface area contributed by atoms with Crippen LogP contribution in [0.1, 0.15) is 37.4 Å². The van der Waals surface area contributed by atoms with Crippen molar-refractivity contribution in [3.8, 4) is 5.75 Å². The quantitative estimate of drug-likeness (QED) is 0.748. The van der Waals surface area contributed by atoms with E-state index in [1.807, 2.05) is 19.1 Å². The third-order valence-electron chi connectivity index (χ3n) is 2.12. The van der Waals surface area contributed by atoms with Gasteiger partial charge in [0.15, 0.2) is 0 Å². The van der Waals surface area contributed by atoms with Gasteiger partial charge in [-0.1, -0.05) is 25.5 Å². The molecule has 1 unspecified atom stereocenters. The Morgan fingerprint density at radius 3 is 2.69 bits per heavy atom. The van der Waals surface area contributed by atoms with E-state index in [1.165, 1.54) is 5.56 Å². The molecular formula is C11H17NO. The van der Waals surface area contributed by atoms with Crippen molar-refractivity contribution in [2.75, 3.05) is 0 Å². The van der Waals surface area contributed by atoms with Gasteiger partial charge in [0.25, 0.3) is 0 Å². The van der Waals surface area contributed by atoms with E-state index in [0.29, 0.717) is 5.75 Å². The molecule has 2 heteroatoms. The molecule has 0 saturated carbocycles. The van der Waals surface area contributed by atoms with Crippen molar-refractivity contribution < 1.29 is 5.11 Å². The van der Waals surface area contributed by atoms with Crippen molar-refractivity contribution in [3.05, 3.63) is 29.3 Å². The van der Waals surface area contributed by atoms with Crippen molar-refractivity contribution >= 4 is 0 Å². The second kappa shape index (κ2) is 4.28. The minimum absolute atomic E-state index is 0.100. The molecule has 0 aromatic heterocycles. The first-order valence-corrected chi connectivity index (χ1v) is 4.72. The highest BCUT2D eigenvalue weighted by Crippen LogP contribution is 2.23. The summed E-state index contributed by atoms with van der Waals surface area (Å²) in [5, 5.41) is 9.49. The van der Waals surface area contributed by atoms with Crippen LogP contribution in [0.3, 0.4) is 0 Å². The van der Waals surface area contributed by atoms with E-state index < -0.39 is 0 Å². The Morgan fingerprint density at radius 1 is 1.46 bits per heavy atom. The number of rotatable bonds is 3. The van der Waals surface area contributed by atoms with Gasteiger partial charge in [0.05, 0.1) is 0 Å². The predicted octanol–water partition coefficient (Wildman–Crippen LogP) is 2.36. The number of benzene rings is 1. The Balaban J connectivity index is 2.97. The fraction of sp³-hybridized carbons (Fsp3) is 0.455. The summed E-state index contributed by atoms with van der Waals surface area (Å²) in [6, 6.07) is 5.56. The van der Waals surface area contributed by atoms with Crippen LogP contribution < -0.4 is 5.73 Å². The van der Waals surface area contributed by atoms with E-state index >= 15 is 0 Å². The third kappa shape index (κ3) is 2.46. The smallest absolute Gasteiger partial charge is 0.120 e. The van der Waals surface area contributed by atoms with Crippen molar-refractivity contribution in [2.45, 2.75) is 32.7 Å². The molecule has 0 bridgehead atoms. The third-order valence-corrected chi connectivity index (χ3v) is 2.12. The summed E-state index contributed by atoms with van der Waals surface area (Å²) in [6.07, 6.45) is 2.16. The largest absolute Gasteiger partial charge is 0.508 e. The van der Waals surface area contributed by atoms with E-state index in [-0.39, 0.29) is 6.04 Å². The van der Waals surface area contributed by atoms with E-state index in [0.717, 1.165) is 18.4 Å². The summed E-state index contributed by atoms with van der Waals surface area (Å²) in [6.45, 7) is 4.02. The average Bonchev–Trinajstić information content (AvgIpc) is 2.08. The molecule has 0 fully saturated rings. The Morgan fingerprint density at radius 2 is 2.15 bits per heavy atom. The zero-order chi connectivity index (χ0) is 9.84. The molecule has 1 aromatic rings. The second-order valence-electron chi connectivity index (χ2n) is 3.43. The van der Waals surface area contributed by atoms with Crippen LogP contribution in [0.15, 0.2) is 18.2 Å². The first-order chi connectivity index (χ1) is 6.15. The van der Waals surface area contributed by atoms with Crippen LogP contribution in [0.4, 0.5) is 0 Å². The number of phenols is 1. The number of nitrogens with two attached hydrogens (primary N) is 1. The second-order valence-corrected chi connectivity index (χ2v) is 3.43. The zero-order valence-electron chi connectivity index (χ0n) is 8.25. The van der Waals surface area contributed by atoms with Crippen LogP contribution in [0, 0.1) is 0 Å². The summed E-state index contributed by atoms with van der Waals surface area (Å²) in [7, 11) is 0. The van der Waals surface area contributed by atoms with Gasteiger partial charge >= 0.3 is 0 Å². The monoisotopic (exact) mass is 179 g/mol. The molecule has 0 heterocycles. The fourth-order valence-corrected chi connectivity index (χ4v) is 1.41. The molecule has 1 aromatic carbocycles. The van der Waals surface area contributed by atoms with Gasteiger partial charge in [-0.15, -0.1) is 0 Å². The van der Waals surface area contributed by atoms with Crippen molar-refractivity contribution in [1.29, 1.82) is 0 Å². The van der Waals surface area contributed by atoms with E-state index in [4.69, 9.17) is 5.73 Å². The maximum atomic E-state index is 9.49. The number of aryl methyl sites for hydroxylation is 1. The molecular weight excluding hydrogens is 162 g/mol. The maximum absolute atomic E-state index is 9.49. The highest BCUT2D eigenvalue weighted by Gasteiger charge is 2.06.